The molecule has 1 saturated heterocycles. The number of ether oxygens (including phenoxy) is 2. The first-order chi connectivity index (χ1) is 18.5. The zero-order valence-electron chi connectivity index (χ0n) is 24.7. The second kappa shape index (κ2) is 13.3. The zero-order valence-corrected chi connectivity index (χ0v) is 24.7. The smallest absolute Gasteiger partial charge is 0.186 e. The van der Waals surface area contributed by atoms with Gasteiger partial charge in [0.05, 0.1) is 12.7 Å². The van der Waals surface area contributed by atoms with Gasteiger partial charge in [0.1, 0.15) is 24.4 Å². The average Bonchev–Trinajstić information content (AvgIpc) is 3.26. The Bertz CT molecular complexity index is 893. The van der Waals surface area contributed by atoms with E-state index < -0.39 is 37.3 Å². The van der Waals surface area contributed by atoms with Gasteiger partial charge in [-0.25, -0.2) is 0 Å². The Morgan fingerprint density at radius 3 is 2.51 bits per heavy atom. The number of rotatable bonds is 9. The molecule has 4 aliphatic rings. The maximum atomic E-state index is 10.4. The fourth-order valence-electron chi connectivity index (χ4n) is 8.13. The molecule has 0 aromatic carbocycles. The van der Waals surface area contributed by atoms with E-state index in [0.29, 0.717) is 17.8 Å². The van der Waals surface area contributed by atoms with E-state index in [1.165, 1.54) is 56.9 Å². The first-order valence-electron chi connectivity index (χ1n) is 15.6. The molecule has 0 unspecified atom stereocenters. The summed E-state index contributed by atoms with van der Waals surface area (Å²) in [7, 11) is 0. The molecule has 39 heavy (non-hydrogen) atoms. The van der Waals surface area contributed by atoms with Crippen molar-refractivity contribution in [3.63, 3.8) is 0 Å². The van der Waals surface area contributed by atoms with E-state index in [1.807, 2.05) is 0 Å². The number of fused-ring (bicyclic) bond motifs is 1. The summed E-state index contributed by atoms with van der Waals surface area (Å²) in [6, 6.07) is 0. The van der Waals surface area contributed by atoms with Crippen LogP contribution in [0.4, 0.5) is 0 Å². The Labute approximate surface area is 236 Å². The first-order valence-corrected chi connectivity index (χ1v) is 15.6. The highest BCUT2D eigenvalue weighted by atomic mass is 16.7. The molecule has 0 spiro atoms. The molecule has 0 bridgehead atoms. The Hall–Kier alpha value is -1.02. The molecule has 0 radical (unpaired) electrons. The van der Waals surface area contributed by atoms with E-state index in [9.17, 15) is 20.4 Å². The highest BCUT2D eigenvalue weighted by Gasteiger charge is 2.50. The molecule has 0 aromatic heterocycles. The van der Waals surface area contributed by atoms with Gasteiger partial charge in [-0.2, -0.15) is 0 Å². The standard InChI is InChI=1S/C33H54O6/c1-20(2)8-6-9-22(4)26-15-16-27-23(10-7-17-33(26,27)5)12-13-24-18-25(14-11-21(24)3)38-32-31(37)30(36)29(35)28(19-34)39-32/h12-13,20,22,25-32,34-37H,3,6-11,14-19H2,1-2,4-5H3/b23-12+,24-13-/t22-,25+,26-,27+,28-,29-,30+,31-,32-,33-/m1/s1. The lowest BCUT2D eigenvalue weighted by Gasteiger charge is -2.44. The van der Waals surface area contributed by atoms with Crippen molar-refractivity contribution < 1.29 is 29.9 Å². The highest BCUT2D eigenvalue weighted by Crippen LogP contribution is 2.60. The first kappa shape index (κ1) is 30.9. The van der Waals surface area contributed by atoms with E-state index in [1.54, 1.807) is 5.57 Å². The topological polar surface area (TPSA) is 99.4 Å². The minimum absolute atomic E-state index is 0.194. The van der Waals surface area contributed by atoms with Crippen LogP contribution in [0.3, 0.4) is 0 Å². The molecule has 1 aliphatic heterocycles. The normalized spacial score (nSPS) is 42.3. The summed E-state index contributed by atoms with van der Waals surface area (Å²) in [5.41, 5.74) is 4.30. The van der Waals surface area contributed by atoms with Crippen LogP contribution in [-0.4, -0.2) is 63.8 Å². The van der Waals surface area contributed by atoms with Crippen LogP contribution in [0.25, 0.3) is 0 Å². The van der Waals surface area contributed by atoms with Gasteiger partial charge in [-0.3, -0.25) is 0 Å². The molecule has 4 rings (SSSR count). The number of allylic oxidation sites excluding steroid dienone is 4. The Morgan fingerprint density at radius 2 is 1.79 bits per heavy atom. The quantitative estimate of drug-likeness (QED) is 0.307. The summed E-state index contributed by atoms with van der Waals surface area (Å²) >= 11 is 0. The van der Waals surface area contributed by atoms with Crippen molar-refractivity contribution in [2.45, 2.75) is 135 Å². The van der Waals surface area contributed by atoms with Crippen molar-refractivity contribution in [1.29, 1.82) is 0 Å². The summed E-state index contributed by atoms with van der Waals surface area (Å²) in [5, 5.41) is 40.1. The number of hydrogen-bond acceptors (Lipinski definition) is 6. The second-order valence-electron chi connectivity index (χ2n) is 13.6. The number of hydrogen-bond donors (Lipinski definition) is 4. The minimum Gasteiger partial charge on any atom is -0.394 e. The van der Waals surface area contributed by atoms with Crippen LogP contribution in [0.1, 0.15) is 98.3 Å². The third-order valence-corrected chi connectivity index (χ3v) is 10.5. The van der Waals surface area contributed by atoms with Crippen molar-refractivity contribution in [3.8, 4) is 0 Å². The molecule has 0 amide bonds. The summed E-state index contributed by atoms with van der Waals surface area (Å²) in [5.74, 6) is 3.05. The number of aliphatic hydroxyl groups is 4. The molecule has 6 heteroatoms. The molecule has 4 N–H and O–H groups in total. The van der Waals surface area contributed by atoms with Crippen LogP contribution in [0.5, 0.6) is 0 Å². The van der Waals surface area contributed by atoms with Crippen LogP contribution in [-0.2, 0) is 9.47 Å². The third-order valence-electron chi connectivity index (χ3n) is 10.5. The lowest BCUT2D eigenvalue weighted by Crippen LogP contribution is -2.59. The molecule has 10 atom stereocenters. The van der Waals surface area contributed by atoms with E-state index in [-0.39, 0.29) is 6.10 Å². The van der Waals surface area contributed by atoms with Gasteiger partial charge in [0.15, 0.2) is 6.29 Å². The van der Waals surface area contributed by atoms with Crippen LogP contribution in [0.15, 0.2) is 35.5 Å². The largest absolute Gasteiger partial charge is 0.394 e. The SMILES string of the molecule is C=C1CC[C@H](O[C@@H]2O[C@H](CO)[C@@H](O)[C@H](O)[C@H]2O)C/C1=C/C=C1\CCC[C@]2(C)[C@@H]([C@H](C)CCCC(C)C)CC[C@@H]12. The monoisotopic (exact) mass is 546 g/mol. The molecule has 3 aliphatic carbocycles. The summed E-state index contributed by atoms with van der Waals surface area (Å²) in [6.07, 6.45) is 10.9. The van der Waals surface area contributed by atoms with Crippen LogP contribution >= 0.6 is 0 Å². The summed E-state index contributed by atoms with van der Waals surface area (Å²) in [4.78, 5) is 0. The van der Waals surface area contributed by atoms with Crippen molar-refractivity contribution in [2.24, 2.45) is 29.1 Å². The molecule has 222 valence electrons. The zero-order chi connectivity index (χ0) is 28.3. The van der Waals surface area contributed by atoms with Crippen LogP contribution in [0.2, 0.25) is 0 Å². The van der Waals surface area contributed by atoms with Crippen molar-refractivity contribution in [1.82, 2.24) is 0 Å². The van der Waals surface area contributed by atoms with Gasteiger partial charge in [-0.15, -0.1) is 0 Å². The Balaban J connectivity index is 1.41. The minimum atomic E-state index is -1.42. The van der Waals surface area contributed by atoms with Gasteiger partial charge in [-0.05, 0) is 86.0 Å². The van der Waals surface area contributed by atoms with Gasteiger partial charge >= 0.3 is 0 Å². The maximum absolute atomic E-state index is 10.4. The van der Waals surface area contributed by atoms with Gasteiger partial charge in [0, 0.05) is 0 Å². The van der Waals surface area contributed by atoms with Crippen LogP contribution < -0.4 is 0 Å². The third kappa shape index (κ3) is 6.90. The fraction of sp³-hybridized carbons (Fsp3) is 0.818. The predicted molar refractivity (Wildman–Crippen MR) is 154 cm³/mol. The van der Waals surface area contributed by atoms with Crippen molar-refractivity contribution in [2.75, 3.05) is 6.61 Å². The van der Waals surface area contributed by atoms with Gasteiger partial charge < -0.3 is 29.9 Å². The van der Waals surface area contributed by atoms with E-state index in [2.05, 4.69) is 46.4 Å². The average molecular weight is 547 g/mol. The van der Waals surface area contributed by atoms with Gasteiger partial charge in [-0.1, -0.05) is 76.8 Å². The van der Waals surface area contributed by atoms with Crippen molar-refractivity contribution >= 4 is 0 Å². The lowest BCUT2D eigenvalue weighted by molar-refractivity contribution is -0.311. The van der Waals surface area contributed by atoms with Gasteiger partial charge in [0.25, 0.3) is 0 Å². The Morgan fingerprint density at radius 1 is 1.03 bits per heavy atom. The van der Waals surface area contributed by atoms with Gasteiger partial charge in [0.2, 0.25) is 0 Å². The molecule has 0 aromatic rings. The summed E-state index contributed by atoms with van der Waals surface area (Å²) < 4.78 is 11.7. The number of aliphatic hydroxyl groups excluding tert-OH is 4. The van der Waals surface area contributed by atoms with E-state index >= 15 is 0 Å². The van der Waals surface area contributed by atoms with Crippen LogP contribution in [0, 0.1) is 29.1 Å². The molecule has 4 fully saturated rings. The van der Waals surface area contributed by atoms with E-state index in [4.69, 9.17) is 9.47 Å². The second-order valence-corrected chi connectivity index (χ2v) is 13.6. The molecular formula is C33H54O6. The molecular weight excluding hydrogens is 492 g/mol. The maximum Gasteiger partial charge on any atom is 0.186 e. The molecule has 1 heterocycles. The fourth-order valence-corrected chi connectivity index (χ4v) is 8.13. The predicted octanol–water partition coefficient (Wildman–Crippen LogP) is 5.44. The van der Waals surface area contributed by atoms with E-state index in [0.717, 1.165) is 36.2 Å². The molecule has 3 saturated carbocycles. The Kier molecular flexibility index (Phi) is 10.6. The summed E-state index contributed by atoms with van der Waals surface area (Å²) in [6.45, 7) is 13.6. The lowest BCUT2D eigenvalue weighted by atomic mass is 9.60. The molecule has 6 nitrogen and oxygen atoms in total. The van der Waals surface area contributed by atoms with Crippen molar-refractivity contribution in [3.05, 3.63) is 35.5 Å². The highest BCUT2D eigenvalue weighted by molar-refractivity contribution is 5.36.